The number of thiazole rings is 2. The number of hydrogen-bond donors (Lipinski definition) is 2. The quantitative estimate of drug-likeness (QED) is 0.699. The van der Waals surface area contributed by atoms with Gasteiger partial charge in [0.15, 0.2) is 10.3 Å². The maximum atomic E-state index is 12.6. The topological polar surface area (TPSA) is 84.0 Å². The van der Waals surface area contributed by atoms with Crippen LogP contribution in [0.5, 0.6) is 0 Å². The van der Waals surface area contributed by atoms with Crippen molar-refractivity contribution >= 4 is 44.8 Å². The van der Waals surface area contributed by atoms with Crippen LogP contribution in [0.3, 0.4) is 0 Å². The molecule has 0 atom stereocenters. The van der Waals surface area contributed by atoms with E-state index in [2.05, 4.69) is 20.6 Å². The van der Waals surface area contributed by atoms with E-state index < -0.39 is 0 Å². The van der Waals surface area contributed by atoms with Crippen molar-refractivity contribution in [2.75, 3.05) is 10.6 Å². The first-order valence-corrected chi connectivity index (χ1v) is 9.58. The van der Waals surface area contributed by atoms with Gasteiger partial charge in [-0.15, -0.1) is 22.7 Å². The van der Waals surface area contributed by atoms with Crippen molar-refractivity contribution in [3.8, 4) is 0 Å². The molecule has 134 valence electrons. The number of aryl methyl sites for hydroxylation is 4. The Kier molecular flexibility index (Phi) is 5.15. The lowest BCUT2D eigenvalue weighted by molar-refractivity contribution is 0.0990. The lowest BCUT2D eigenvalue weighted by atomic mass is 10.1. The Balaban J connectivity index is 1.82. The summed E-state index contributed by atoms with van der Waals surface area (Å²) in [7, 11) is 0. The monoisotopic (exact) mass is 386 g/mol. The highest BCUT2D eigenvalue weighted by atomic mass is 32.1. The zero-order chi connectivity index (χ0) is 18.8. The van der Waals surface area contributed by atoms with Crippen molar-refractivity contribution in [3.05, 3.63) is 56.5 Å². The highest BCUT2D eigenvalue weighted by Crippen LogP contribution is 2.24. The average molecular weight is 387 g/mol. The van der Waals surface area contributed by atoms with E-state index in [0.717, 1.165) is 21.1 Å². The normalized spacial score (nSPS) is 10.6. The molecule has 0 unspecified atom stereocenters. The number of rotatable bonds is 4. The van der Waals surface area contributed by atoms with Gasteiger partial charge in [0.25, 0.3) is 11.8 Å². The van der Waals surface area contributed by atoms with Gasteiger partial charge in [-0.2, -0.15) is 0 Å². The minimum atomic E-state index is -0.365. The molecular weight excluding hydrogens is 368 g/mol. The molecule has 26 heavy (non-hydrogen) atoms. The fraction of sp³-hybridized carbons (Fsp3) is 0.222. The Morgan fingerprint density at radius 2 is 1.15 bits per heavy atom. The Morgan fingerprint density at radius 3 is 1.46 bits per heavy atom. The third-order valence-electron chi connectivity index (χ3n) is 3.91. The summed E-state index contributed by atoms with van der Waals surface area (Å²) in [5.74, 6) is -0.730. The maximum absolute atomic E-state index is 12.6. The van der Waals surface area contributed by atoms with E-state index in [4.69, 9.17) is 0 Å². The van der Waals surface area contributed by atoms with Crippen molar-refractivity contribution in [1.29, 1.82) is 0 Å². The molecule has 0 aliphatic rings. The summed E-state index contributed by atoms with van der Waals surface area (Å²) >= 11 is 2.81. The van der Waals surface area contributed by atoms with Crippen molar-refractivity contribution in [3.63, 3.8) is 0 Å². The summed E-state index contributed by atoms with van der Waals surface area (Å²) in [4.78, 5) is 36.0. The number of hydrogen-bond acceptors (Lipinski definition) is 6. The Morgan fingerprint density at radius 1 is 0.769 bits per heavy atom. The van der Waals surface area contributed by atoms with Crippen LogP contribution in [0.15, 0.2) is 24.3 Å². The van der Waals surface area contributed by atoms with Gasteiger partial charge < -0.3 is 0 Å². The van der Waals surface area contributed by atoms with Crippen LogP contribution in [-0.2, 0) is 0 Å². The summed E-state index contributed by atoms with van der Waals surface area (Å²) in [5, 5.41) is 6.57. The van der Waals surface area contributed by atoms with Crippen LogP contribution in [0.2, 0.25) is 0 Å². The molecule has 0 spiro atoms. The van der Waals surface area contributed by atoms with Crippen LogP contribution < -0.4 is 10.6 Å². The molecule has 0 aliphatic heterocycles. The number of aromatic nitrogens is 2. The predicted octanol–water partition coefficient (Wildman–Crippen LogP) is 4.34. The summed E-state index contributed by atoms with van der Waals surface area (Å²) < 4.78 is 0. The second kappa shape index (κ2) is 7.35. The third-order valence-corrected chi connectivity index (χ3v) is 5.89. The second-order valence-electron chi connectivity index (χ2n) is 5.78. The maximum Gasteiger partial charge on any atom is 0.258 e. The third kappa shape index (κ3) is 3.81. The van der Waals surface area contributed by atoms with E-state index in [-0.39, 0.29) is 11.8 Å². The van der Waals surface area contributed by atoms with E-state index in [1.807, 2.05) is 27.7 Å². The largest absolute Gasteiger partial charge is 0.298 e. The number of amides is 2. The molecule has 2 amide bonds. The van der Waals surface area contributed by atoms with Crippen molar-refractivity contribution in [1.82, 2.24) is 9.97 Å². The van der Waals surface area contributed by atoms with E-state index in [1.165, 1.54) is 22.7 Å². The molecule has 0 fully saturated rings. The first-order valence-electron chi connectivity index (χ1n) is 7.95. The van der Waals surface area contributed by atoms with Crippen molar-refractivity contribution in [2.24, 2.45) is 0 Å². The van der Waals surface area contributed by atoms with Crippen LogP contribution in [0.1, 0.15) is 41.9 Å². The molecule has 1 aromatic carbocycles. The molecule has 0 saturated carbocycles. The standard InChI is InChI=1S/C18H18N4O2S2/c1-9-11(3)25-17(19-9)21-15(23)13-7-5-6-8-14(13)16(24)22-18-20-10(2)12(4)26-18/h5-8H,1-4H3,(H,19,21,23)(H,20,22,24). The summed E-state index contributed by atoms with van der Waals surface area (Å²) in [6.07, 6.45) is 0. The SMILES string of the molecule is Cc1nc(NC(=O)c2ccccc2C(=O)Nc2nc(C)c(C)s2)sc1C. The number of carbonyl (C=O) groups is 2. The summed E-state index contributed by atoms with van der Waals surface area (Å²) in [6, 6.07) is 6.69. The van der Waals surface area contributed by atoms with Gasteiger partial charge in [-0.1, -0.05) is 12.1 Å². The molecule has 0 saturated heterocycles. The number of nitrogens with zero attached hydrogens (tertiary/aromatic N) is 2. The Hall–Kier alpha value is -2.58. The molecule has 0 bridgehead atoms. The zero-order valence-electron chi connectivity index (χ0n) is 14.8. The van der Waals surface area contributed by atoms with Gasteiger partial charge >= 0.3 is 0 Å². The average Bonchev–Trinajstić information content (AvgIpc) is 3.08. The van der Waals surface area contributed by atoms with Gasteiger partial charge in [0.1, 0.15) is 0 Å². The number of anilines is 2. The molecule has 2 N–H and O–H groups in total. The van der Waals surface area contributed by atoms with E-state index in [0.29, 0.717) is 21.4 Å². The van der Waals surface area contributed by atoms with Gasteiger partial charge in [0, 0.05) is 9.75 Å². The smallest absolute Gasteiger partial charge is 0.258 e. The van der Waals surface area contributed by atoms with Crippen LogP contribution in [-0.4, -0.2) is 21.8 Å². The van der Waals surface area contributed by atoms with Crippen LogP contribution in [0.4, 0.5) is 10.3 Å². The molecule has 3 rings (SSSR count). The fourth-order valence-corrected chi connectivity index (χ4v) is 3.88. The highest BCUT2D eigenvalue weighted by molar-refractivity contribution is 7.16. The molecule has 0 aliphatic carbocycles. The van der Waals surface area contributed by atoms with Crippen LogP contribution in [0.25, 0.3) is 0 Å². The molecular formula is C18H18N4O2S2. The molecule has 0 radical (unpaired) electrons. The predicted molar refractivity (Wildman–Crippen MR) is 106 cm³/mol. The van der Waals surface area contributed by atoms with Crippen LogP contribution in [0, 0.1) is 27.7 Å². The molecule has 3 aromatic rings. The van der Waals surface area contributed by atoms with Crippen molar-refractivity contribution < 1.29 is 9.59 Å². The van der Waals surface area contributed by atoms with Crippen LogP contribution >= 0.6 is 22.7 Å². The van der Waals surface area contributed by atoms with Gasteiger partial charge in [0.2, 0.25) is 0 Å². The van der Waals surface area contributed by atoms with E-state index in [9.17, 15) is 9.59 Å². The van der Waals surface area contributed by atoms with Gasteiger partial charge in [-0.05, 0) is 39.8 Å². The minimum absolute atomic E-state index is 0.292. The van der Waals surface area contributed by atoms with Gasteiger partial charge in [0.05, 0.1) is 22.5 Å². The molecule has 2 aromatic heterocycles. The zero-order valence-corrected chi connectivity index (χ0v) is 16.5. The highest BCUT2D eigenvalue weighted by Gasteiger charge is 2.19. The van der Waals surface area contributed by atoms with Gasteiger partial charge in [-0.3, -0.25) is 20.2 Å². The first kappa shape index (κ1) is 18.2. The molecule has 8 heteroatoms. The number of benzene rings is 1. The number of nitrogens with one attached hydrogen (secondary N) is 2. The van der Waals surface area contributed by atoms with Crippen molar-refractivity contribution in [2.45, 2.75) is 27.7 Å². The Labute approximate surface area is 159 Å². The second-order valence-corrected chi connectivity index (χ2v) is 8.18. The lowest BCUT2D eigenvalue weighted by Crippen LogP contribution is -2.20. The molecule has 2 heterocycles. The summed E-state index contributed by atoms with van der Waals surface area (Å²) in [6.45, 7) is 7.67. The Bertz CT molecular complexity index is 873. The van der Waals surface area contributed by atoms with E-state index >= 15 is 0 Å². The van der Waals surface area contributed by atoms with Gasteiger partial charge in [-0.25, -0.2) is 9.97 Å². The number of carbonyl (C=O) groups excluding carboxylic acids is 2. The van der Waals surface area contributed by atoms with E-state index in [1.54, 1.807) is 24.3 Å². The fourth-order valence-electron chi connectivity index (χ4n) is 2.26. The molecule has 6 nitrogen and oxygen atoms in total. The lowest BCUT2D eigenvalue weighted by Gasteiger charge is -2.08. The minimum Gasteiger partial charge on any atom is -0.298 e. The first-order chi connectivity index (χ1) is 12.3. The summed E-state index contributed by atoms with van der Waals surface area (Å²) in [5.41, 5.74) is 2.35.